The van der Waals surface area contributed by atoms with E-state index in [1.807, 2.05) is 31.7 Å². The molecule has 6 nitrogen and oxygen atoms in total. The molecule has 2 heterocycles. The van der Waals surface area contributed by atoms with E-state index in [0.29, 0.717) is 28.4 Å². The Morgan fingerprint density at radius 1 is 1.05 bits per heavy atom. The summed E-state index contributed by atoms with van der Waals surface area (Å²) in [6, 6.07) is 4.06. The number of piperidine rings is 1. The summed E-state index contributed by atoms with van der Waals surface area (Å²) < 4.78 is 23.4. The average Bonchev–Trinajstić information content (AvgIpc) is 2.93. The third-order valence-corrected chi connectivity index (χ3v) is 10.2. The standard InChI is InChI=1S/C31H45NO5S/c1-19-20(2)28-24(21(3)27(19)33)12-15-31(4,37-28)14-8-9-22-17-32-16-13-26(22)38-18-23-10-11-25(34-5)30(36-7)29(23)35-6/h10-11,22,26,32-33H,8-9,12-18H2,1-7H3. The number of hydrogen-bond donors (Lipinski definition) is 2. The summed E-state index contributed by atoms with van der Waals surface area (Å²) in [5, 5.41) is 14.7. The topological polar surface area (TPSA) is 69.2 Å². The van der Waals surface area contributed by atoms with Crippen molar-refractivity contribution >= 4 is 11.8 Å². The van der Waals surface area contributed by atoms with Gasteiger partial charge in [-0.05, 0) is 108 Å². The maximum Gasteiger partial charge on any atom is 0.203 e. The lowest BCUT2D eigenvalue weighted by atomic mass is 9.83. The van der Waals surface area contributed by atoms with Gasteiger partial charge in [-0.25, -0.2) is 0 Å². The first kappa shape index (κ1) is 28.8. The number of fused-ring (bicyclic) bond motifs is 1. The van der Waals surface area contributed by atoms with E-state index < -0.39 is 0 Å². The van der Waals surface area contributed by atoms with Gasteiger partial charge >= 0.3 is 0 Å². The van der Waals surface area contributed by atoms with E-state index >= 15 is 0 Å². The summed E-state index contributed by atoms with van der Waals surface area (Å²) in [6.45, 7) is 10.5. The second-order valence-electron chi connectivity index (χ2n) is 11.1. The predicted molar refractivity (Wildman–Crippen MR) is 156 cm³/mol. The number of hydrogen-bond acceptors (Lipinski definition) is 7. The zero-order chi connectivity index (χ0) is 27.4. The molecule has 3 atom stereocenters. The highest BCUT2D eigenvalue weighted by Gasteiger charge is 2.35. The number of thioether (sulfide) groups is 1. The van der Waals surface area contributed by atoms with E-state index in [-0.39, 0.29) is 5.60 Å². The lowest BCUT2D eigenvalue weighted by Crippen LogP contribution is -2.40. The van der Waals surface area contributed by atoms with Crippen molar-refractivity contribution < 1.29 is 24.1 Å². The summed E-state index contributed by atoms with van der Waals surface area (Å²) in [7, 11) is 5.00. The molecule has 2 aromatic rings. The van der Waals surface area contributed by atoms with Crippen molar-refractivity contribution in [3.63, 3.8) is 0 Å². The number of phenolic OH excluding ortho intramolecular Hbond substituents is 1. The maximum atomic E-state index is 10.5. The van der Waals surface area contributed by atoms with Gasteiger partial charge in [0.2, 0.25) is 5.75 Å². The Balaban J connectivity index is 1.37. The molecule has 0 bridgehead atoms. The van der Waals surface area contributed by atoms with Crippen LogP contribution in [-0.4, -0.2) is 50.4 Å². The first-order valence-corrected chi connectivity index (χ1v) is 14.9. The molecule has 7 heteroatoms. The van der Waals surface area contributed by atoms with E-state index in [1.54, 1.807) is 21.3 Å². The van der Waals surface area contributed by atoms with Gasteiger partial charge in [0.25, 0.3) is 0 Å². The van der Waals surface area contributed by atoms with Crippen LogP contribution in [0.2, 0.25) is 0 Å². The van der Waals surface area contributed by atoms with Gasteiger partial charge in [0.15, 0.2) is 11.5 Å². The molecule has 0 aromatic heterocycles. The monoisotopic (exact) mass is 543 g/mol. The number of methoxy groups -OCH3 is 3. The summed E-state index contributed by atoms with van der Waals surface area (Å²) in [5.74, 6) is 5.05. The molecule has 0 amide bonds. The van der Waals surface area contributed by atoms with Crippen LogP contribution < -0.4 is 24.3 Å². The van der Waals surface area contributed by atoms with E-state index in [0.717, 1.165) is 78.3 Å². The smallest absolute Gasteiger partial charge is 0.203 e. The highest BCUT2D eigenvalue weighted by molar-refractivity contribution is 7.99. The molecule has 0 aliphatic carbocycles. The minimum Gasteiger partial charge on any atom is -0.507 e. The largest absolute Gasteiger partial charge is 0.507 e. The van der Waals surface area contributed by atoms with Gasteiger partial charge in [-0.3, -0.25) is 0 Å². The van der Waals surface area contributed by atoms with Gasteiger partial charge in [0.1, 0.15) is 17.1 Å². The van der Waals surface area contributed by atoms with Crippen molar-refractivity contribution in [3.05, 3.63) is 39.9 Å². The number of ether oxygens (including phenoxy) is 4. The Hall–Kier alpha value is -2.25. The van der Waals surface area contributed by atoms with Crippen LogP contribution >= 0.6 is 11.8 Å². The number of benzene rings is 2. The second-order valence-corrected chi connectivity index (χ2v) is 12.3. The van der Waals surface area contributed by atoms with Gasteiger partial charge in [-0.1, -0.05) is 6.07 Å². The highest BCUT2D eigenvalue weighted by atomic mass is 32.2. The summed E-state index contributed by atoms with van der Waals surface area (Å²) in [5.41, 5.74) is 5.15. The van der Waals surface area contributed by atoms with Gasteiger partial charge < -0.3 is 29.4 Å². The van der Waals surface area contributed by atoms with E-state index in [2.05, 4.69) is 25.2 Å². The molecule has 4 rings (SSSR count). The fourth-order valence-electron chi connectivity index (χ4n) is 6.09. The Morgan fingerprint density at radius 3 is 2.53 bits per heavy atom. The lowest BCUT2D eigenvalue weighted by molar-refractivity contribution is 0.0508. The Kier molecular flexibility index (Phi) is 9.30. The molecular weight excluding hydrogens is 498 g/mol. The molecule has 2 N–H and O–H groups in total. The highest BCUT2D eigenvalue weighted by Crippen LogP contribution is 2.45. The van der Waals surface area contributed by atoms with Crippen LogP contribution in [0, 0.1) is 26.7 Å². The molecule has 0 spiro atoms. The third kappa shape index (κ3) is 5.84. The molecule has 38 heavy (non-hydrogen) atoms. The number of aromatic hydroxyl groups is 1. The predicted octanol–water partition coefficient (Wildman–Crippen LogP) is 6.51. The molecule has 3 unspecified atom stereocenters. The van der Waals surface area contributed by atoms with Crippen LogP contribution in [0.5, 0.6) is 28.7 Å². The average molecular weight is 544 g/mol. The zero-order valence-corrected chi connectivity index (χ0v) is 25.0. The van der Waals surface area contributed by atoms with Crippen LogP contribution in [0.1, 0.15) is 66.8 Å². The lowest BCUT2D eigenvalue weighted by Gasteiger charge is -2.39. The molecule has 1 saturated heterocycles. The van der Waals surface area contributed by atoms with E-state index in [1.165, 1.54) is 18.4 Å². The SMILES string of the molecule is COc1ccc(CSC2CCNCC2CCCC2(C)CCc3c(C)c(O)c(C)c(C)c3O2)c(OC)c1OC. The van der Waals surface area contributed by atoms with E-state index in [9.17, 15) is 5.11 Å². The number of nitrogens with one attached hydrogen (secondary N) is 1. The number of phenols is 1. The molecule has 2 aliphatic rings. The van der Waals surface area contributed by atoms with Crippen molar-refractivity contribution in [2.45, 2.75) is 82.8 Å². The van der Waals surface area contributed by atoms with Crippen LogP contribution in [0.25, 0.3) is 0 Å². The molecule has 0 saturated carbocycles. The first-order chi connectivity index (χ1) is 18.2. The molecular formula is C31H45NO5S. The fraction of sp³-hybridized carbons (Fsp3) is 0.613. The number of rotatable bonds is 10. The van der Waals surface area contributed by atoms with Crippen LogP contribution in [0.15, 0.2) is 12.1 Å². The minimum atomic E-state index is -0.161. The summed E-state index contributed by atoms with van der Waals surface area (Å²) in [6.07, 6.45) is 6.50. The quantitative estimate of drug-likeness (QED) is 0.354. The van der Waals surface area contributed by atoms with Crippen molar-refractivity contribution in [2.75, 3.05) is 34.4 Å². The molecule has 2 aliphatic heterocycles. The van der Waals surface area contributed by atoms with Crippen LogP contribution in [0.4, 0.5) is 0 Å². The zero-order valence-electron chi connectivity index (χ0n) is 24.2. The van der Waals surface area contributed by atoms with Crippen molar-refractivity contribution in [1.82, 2.24) is 5.32 Å². The maximum absolute atomic E-state index is 10.5. The molecule has 210 valence electrons. The molecule has 0 radical (unpaired) electrons. The van der Waals surface area contributed by atoms with Crippen LogP contribution in [0.3, 0.4) is 0 Å². The van der Waals surface area contributed by atoms with Gasteiger partial charge in [-0.2, -0.15) is 11.8 Å². The Bertz CT molecular complexity index is 1140. The van der Waals surface area contributed by atoms with Gasteiger partial charge in [-0.15, -0.1) is 0 Å². The van der Waals surface area contributed by atoms with E-state index in [4.69, 9.17) is 18.9 Å². The molecule has 1 fully saturated rings. The van der Waals surface area contributed by atoms with Gasteiger partial charge in [0.05, 0.1) is 21.3 Å². The van der Waals surface area contributed by atoms with Gasteiger partial charge in [0, 0.05) is 22.1 Å². The Morgan fingerprint density at radius 2 is 1.82 bits per heavy atom. The van der Waals surface area contributed by atoms with Crippen molar-refractivity contribution in [3.8, 4) is 28.7 Å². The minimum absolute atomic E-state index is 0.161. The third-order valence-electron chi connectivity index (χ3n) is 8.65. The fourth-order valence-corrected chi connectivity index (χ4v) is 7.50. The van der Waals surface area contributed by atoms with Crippen LogP contribution in [-0.2, 0) is 12.2 Å². The molecule has 2 aromatic carbocycles. The second kappa shape index (κ2) is 12.3. The summed E-state index contributed by atoms with van der Waals surface area (Å²) in [4.78, 5) is 0. The first-order valence-electron chi connectivity index (χ1n) is 13.8. The van der Waals surface area contributed by atoms with Crippen molar-refractivity contribution in [2.24, 2.45) is 5.92 Å². The Labute approximate surface area is 232 Å². The summed E-state index contributed by atoms with van der Waals surface area (Å²) >= 11 is 2.03. The van der Waals surface area contributed by atoms with Crippen molar-refractivity contribution in [1.29, 1.82) is 0 Å². The normalized spacial score (nSPS) is 22.9.